The van der Waals surface area contributed by atoms with Gasteiger partial charge in [-0.25, -0.2) is 0 Å². The van der Waals surface area contributed by atoms with E-state index in [2.05, 4.69) is 0 Å². The maximum Gasteiger partial charge on any atom is 1.00 e. The SMILES string of the molecule is OC[C@H]1O[C@H](OC[C@H]2O[C@H](O[C@]3(CO)O[C@H](CO)[C@@H](O)[C@@H]3O)[C@H](O)[C@@H](O)[C@@H]2O)[C@H](O)[C@@H](O)[C@H]1O.[H-].[K+]. The summed E-state index contributed by atoms with van der Waals surface area (Å²) in [5, 5.41) is 109. The van der Waals surface area contributed by atoms with Crippen molar-refractivity contribution >= 4 is 0 Å². The number of hydrogen-bond donors (Lipinski definition) is 11. The zero-order chi connectivity index (χ0) is 25.4. The molecule has 3 saturated heterocycles. The van der Waals surface area contributed by atoms with Crippen molar-refractivity contribution in [1.29, 1.82) is 0 Å². The van der Waals surface area contributed by atoms with Crippen molar-refractivity contribution in [3.63, 3.8) is 0 Å². The molecule has 0 radical (unpaired) electrons. The second-order valence-corrected chi connectivity index (χ2v) is 8.41. The monoisotopic (exact) mass is 544 g/mol. The molecule has 3 rings (SSSR count). The molecule has 0 saturated carbocycles. The molecule has 3 fully saturated rings. The van der Waals surface area contributed by atoms with Gasteiger partial charge >= 0.3 is 51.4 Å². The van der Waals surface area contributed by atoms with Crippen molar-refractivity contribution in [3.8, 4) is 0 Å². The Morgan fingerprint density at radius 1 is 0.629 bits per heavy atom. The third-order valence-electron chi connectivity index (χ3n) is 6.16. The molecular formula is C18H33KO16. The number of hydrogen-bond acceptors (Lipinski definition) is 16. The Morgan fingerprint density at radius 2 is 1.14 bits per heavy atom. The second-order valence-electron chi connectivity index (χ2n) is 8.41. The van der Waals surface area contributed by atoms with Crippen LogP contribution in [0.4, 0.5) is 0 Å². The summed E-state index contributed by atoms with van der Waals surface area (Å²) < 4.78 is 26.4. The predicted molar refractivity (Wildman–Crippen MR) is 102 cm³/mol. The van der Waals surface area contributed by atoms with E-state index < -0.39 is 112 Å². The molecule has 202 valence electrons. The van der Waals surface area contributed by atoms with Gasteiger partial charge in [0.05, 0.1) is 19.8 Å². The van der Waals surface area contributed by atoms with E-state index in [1.54, 1.807) is 0 Å². The molecule has 11 N–H and O–H groups in total. The molecule has 35 heavy (non-hydrogen) atoms. The molecule has 17 heteroatoms. The van der Waals surface area contributed by atoms with E-state index in [1.807, 2.05) is 0 Å². The average molecular weight is 545 g/mol. The van der Waals surface area contributed by atoms with E-state index in [0.717, 1.165) is 0 Å². The minimum Gasteiger partial charge on any atom is -1.00 e. The summed E-state index contributed by atoms with van der Waals surface area (Å²) in [6.45, 7) is -3.14. The van der Waals surface area contributed by atoms with Crippen LogP contribution in [-0.2, 0) is 23.7 Å². The second kappa shape index (κ2) is 13.4. The van der Waals surface area contributed by atoms with E-state index >= 15 is 0 Å². The first-order chi connectivity index (χ1) is 16.0. The fraction of sp³-hybridized carbons (Fsp3) is 1.00. The Bertz CT molecular complexity index is 667. The average Bonchev–Trinajstić information content (AvgIpc) is 3.08. The van der Waals surface area contributed by atoms with Crippen LogP contribution in [0.1, 0.15) is 1.43 Å². The number of aliphatic hydroxyl groups excluding tert-OH is 11. The molecular weight excluding hydrogens is 511 g/mol. The Hall–Kier alpha value is 0.996. The van der Waals surface area contributed by atoms with Gasteiger partial charge in [0.1, 0.15) is 73.8 Å². The molecule has 16 nitrogen and oxygen atoms in total. The fourth-order valence-corrected chi connectivity index (χ4v) is 4.01. The summed E-state index contributed by atoms with van der Waals surface area (Å²) >= 11 is 0. The molecule has 0 bridgehead atoms. The normalized spacial score (nSPS) is 50.7. The van der Waals surface area contributed by atoms with Crippen molar-refractivity contribution in [2.75, 3.05) is 26.4 Å². The standard InChI is InChI=1S/C18H32O16.K.H/c19-1-5-8(22)11(25)13(27)16(31-5)30-3-7-9(23)12(26)14(28)17(32-7)34-18(4-21)15(29)10(24)6(2-20)33-18;;/h5-17,19-29H,1-4H2;;/q;+1;-1/t5-,6-,7-,8+,9-,10-,11+,12+,13-,14-,15+,16+,17-,18+;;/m1../s1. The van der Waals surface area contributed by atoms with Gasteiger partial charge in [0, 0.05) is 0 Å². The topological polar surface area (TPSA) is 269 Å². The molecule has 0 spiro atoms. The molecule has 0 aliphatic carbocycles. The van der Waals surface area contributed by atoms with Gasteiger partial charge in [-0.1, -0.05) is 0 Å². The molecule has 3 aliphatic heterocycles. The van der Waals surface area contributed by atoms with E-state index in [9.17, 15) is 56.2 Å². The third-order valence-corrected chi connectivity index (χ3v) is 6.16. The van der Waals surface area contributed by atoms with Crippen LogP contribution in [-0.4, -0.2) is 168 Å². The zero-order valence-electron chi connectivity index (χ0n) is 19.8. The number of rotatable bonds is 8. The van der Waals surface area contributed by atoms with Crippen molar-refractivity contribution < 1.29 is 133 Å². The van der Waals surface area contributed by atoms with Gasteiger partial charge in [-0.15, -0.1) is 0 Å². The van der Waals surface area contributed by atoms with Crippen LogP contribution in [0.2, 0.25) is 0 Å². The van der Waals surface area contributed by atoms with Crippen LogP contribution in [0.5, 0.6) is 0 Å². The van der Waals surface area contributed by atoms with E-state index in [-0.39, 0.29) is 52.8 Å². The molecule has 0 amide bonds. The molecule has 3 aliphatic rings. The molecule has 0 unspecified atom stereocenters. The van der Waals surface area contributed by atoms with Crippen LogP contribution in [0.15, 0.2) is 0 Å². The maximum atomic E-state index is 10.3. The van der Waals surface area contributed by atoms with Crippen LogP contribution in [0.25, 0.3) is 0 Å². The fourth-order valence-electron chi connectivity index (χ4n) is 4.01. The summed E-state index contributed by atoms with van der Waals surface area (Å²) in [5.74, 6) is -2.36. The summed E-state index contributed by atoms with van der Waals surface area (Å²) in [4.78, 5) is 0. The van der Waals surface area contributed by atoms with Gasteiger partial charge in [0.25, 0.3) is 0 Å². The summed E-state index contributed by atoms with van der Waals surface area (Å²) in [6.07, 6.45) is -21.8. The van der Waals surface area contributed by atoms with Gasteiger partial charge in [-0.05, 0) is 0 Å². The van der Waals surface area contributed by atoms with E-state index in [1.165, 1.54) is 0 Å². The first-order valence-corrected chi connectivity index (χ1v) is 10.6. The Labute approximate surface area is 243 Å². The first kappa shape index (κ1) is 32.2. The maximum absolute atomic E-state index is 10.3. The predicted octanol–water partition coefficient (Wildman–Crippen LogP) is -10.5. The molecule has 14 atom stereocenters. The van der Waals surface area contributed by atoms with Gasteiger partial charge in [-0.2, -0.15) is 0 Å². The van der Waals surface area contributed by atoms with Gasteiger partial charge < -0.3 is 81.3 Å². The molecule has 0 aromatic carbocycles. The van der Waals surface area contributed by atoms with Crippen LogP contribution in [0.3, 0.4) is 0 Å². The van der Waals surface area contributed by atoms with Crippen molar-refractivity contribution in [3.05, 3.63) is 0 Å². The molecule has 0 aromatic heterocycles. The van der Waals surface area contributed by atoms with Crippen molar-refractivity contribution in [1.82, 2.24) is 0 Å². The summed E-state index contributed by atoms with van der Waals surface area (Å²) in [5.41, 5.74) is 0. The first-order valence-electron chi connectivity index (χ1n) is 10.6. The van der Waals surface area contributed by atoms with Crippen LogP contribution >= 0.6 is 0 Å². The summed E-state index contributed by atoms with van der Waals surface area (Å²) in [6, 6.07) is 0. The summed E-state index contributed by atoms with van der Waals surface area (Å²) in [7, 11) is 0. The smallest absolute Gasteiger partial charge is 1.00 e. The molecule has 3 heterocycles. The number of ether oxygens (including phenoxy) is 5. The van der Waals surface area contributed by atoms with Gasteiger partial charge in [-0.3, -0.25) is 0 Å². The Morgan fingerprint density at radius 3 is 1.66 bits per heavy atom. The quantitative estimate of drug-likeness (QED) is 0.127. The van der Waals surface area contributed by atoms with Crippen molar-refractivity contribution in [2.45, 2.75) is 85.5 Å². The Balaban J connectivity index is 0.00000324. The number of aliphatic hydroxyl groups is 11. The van der Waals surface area contributed by atoms with E-state index in [4.69, 9.17) is 23.7 Å². The van der Waals surface area contributed by atoms with Gasteiger partial charge in [0.15, 0.2) is 12.6 Å². The van der Waals surface area contributed by atoms with Crippen LogP contribution < -0.4 is 51.4 Å². The minimum atomic E-state index is -2.36. The van der Waals surface area contributed by atoms with Crippen molar-refractivity contribution in [2.24, 2.45) is 0 Å². The van der Waals surface area contributed by atoms with Gasteiger partial charge in [0.2, 0.25) is 5.79 Å². The third kappa shape index (κ3) is 6.43. The minimum absolute atomic E-state index is 0. The largest absolute Gasteiger partial charge is 1.00 e. The van der Waals surface area contributed by atoms with E-state index in [0.29, 0.717) is 0 Å². The van der Waals surface area contributed by atoms with Crippen LogP contribution in [0, 0.1) is 0 Å². The molecule has 0 aromatic rings. The zero-order valence-corrected chi connectivity index (χ0v) is 21.9. The Kier molecular flexibility index (Phi) is 12.3.